The summed E-state index contributed by atoms with van der Waals surface area (Å²) in [4.78, 5) is 28.9. The van der Waals surface area contributed by atoms with Gasteiger partial charge in [0.2, 0.25) is 11.9 Å². The predicted octanol–water partition coefficient (Wildman–Crippen LogP) is 3.54. The van der Waals surface area contributed by atoms with Gasteiger partial charge in [-0.05, 0) is 54.7 Å². The van der Waals surface area contributed by atoms with Gasteiger partial charge in [-0.1, -0.05) is 12.6 Å². The number of fused-ring (bicyclic) bond motifs is 2. The van der Waals surface area contributed by atoms with Gasteiger partial charge in [0.25, 0.3) is 0 Å². The van der Waals surface area contributed by atoms with Crippen molar-refractivity contribution in [3.8, 4) is 5.75 Å². The Morgan fingerprint density at radius 3 is 2.94 bits per heavy atom. The number of anilines is 3. The molecule has 0 saturated heterocycles. The van der Waals surface area contributed by atoms with Crippen molar-refractivity contribution in [2.24, 2.45) is 0 Å². The molecule has 5 rings (SSSR count). The third-order valence-electron chi connectivity index (χ3n) is 5.50. The maximum absolute atomic E-state index is 11.7. The Morgan fingerprint density at radius 2 is 2.11 bits per heavy atom. The van der Waals surface area contributed by atoms with Crippen molar-refractivity contribution < 1.29 is 9.53 Å². The molecular formula is C24H24N8O2S. The highest BCUT2D eigenvalue weighted by atomic mass is 32.2. The molecule has 4 aromatic rings. The zero-order chi connectivity index (χ0) is 24.4. The molecule has 1 aliphatic heterocycles. The molecule has 0 radical (unpaired) electrons. The predicted molar refractivity (Wildman–Crippen MR) is 134 cm³/mol. The minimum atomic E-state index is -0.270. The number of hydrogen-bond donors (Lipinski definition) is 2. The molecule has 2 N–H and O–H groups in total. The van der Waals surface area contributed by atoms with Gasteiger partial charge < -0.3 is 20.3 Å². The van der Waals surface area contributed by atoms with Crippen LogP contribution in [0, 0.1) is 0 Å². The molecular weight excluding hydrogens is 464 g/mol. The normalized spacial score (nSPS) is 13.3. The summed E-state index contributed by atoms with van der Waals surface area (Å²) in [7, 11) is 3.72. The van der Waals surface area contributed by atoms with E-state index in [1.807, 2.05) is 36.4 Å². The van der Waals surface area contributed by atoms with E-state index in [2.05, 4.69) is 39.2 Å². The molecule has 11 heteroatoms. The first-order valence-corrected chi connectivity index (χ1v) is 11.8. The van der Waals surface area contributed by atoms with Crippen LogP contribution in [0.25, 0.3) is 5.65 Å². The first-order chi connectivity index (χ1) is 17.0. The van der Waals surface area contributed by atoms with Crippen LogP contribution in [-0.4, -0.2) is 56.1 Å². The van der Waals surface area contributed by atoms with Gasteiger partial charge in [0.15, 0.2) is 22.4 Å². The number of aromatic nitrogens is 5. The maximum atomic E-state index is 11.7. The summed E-state index contributed by atoms with van der Waals surface area (Å²) in [6.45, 7) is 5.28. The Balaban J connectivity index is 1.46. The van der Waals surface area contributed by atoms with Crippen molar-refractivity contribution in [2.75, 3.05) is 31.3 Å². The van der Waals surface area contributed by atoms with E-state index in [0.717, 1.165) is 35.7 Å². The summed E-state index contributed by atoms with van der Waals surface area (Å²) in [5.41, 5.74) is 3.51. The minimum absolute atomic E-state index is 0.270. The van der Waals surface area contributed by atoms with Crippen LogP contribution in [-0.2, 0) is 17.8 Å². The highest BCUT2D eigenvalue weighted by molar-refractivity contribution is 7.99. The molecule has 0 atom stereocenters. The molecule has 1 aromatic carbocycles. The summed E-state index contributed by atoms with van der Waals surface area (Å²) in [6, 6.07) is 11.3. The number of rotatable bonds is 7. The number of carbonyl (C=O) groups excluding carboxylic acids is 1. The van der Waals surface area contributed by atoms with Crippen LogP contribution in [0.3, 0.4) is 0 Å². The van der Waals surface area contributed by atoms with E-state index < -0.39 is 0 Å². The van der Waals surface area contributed by atoms with Gasteiger partial charge in [-0.2, -0.15) is 19.6 Å². The van der Waals surface area contributed by atoms with Crippen LogP contribution in [0.2, 0.25) is 0 Å². The number of amides is 1. The number of ether oxygens (including phenoxy) is 1. The molecule has 10 nitrogen and oxygen atoms in total. The Hall–Kier alpha value is -3.96. The number of nitrogens with zero attached hydrogens (tertiary/aromatic N) is 6. The van der Waals surface area contributed by atoms with E-state index in [0.29, 0.717) is 34.0 Å². The third kappa shape index (κ3) is 4.96. The molecule has 35 heavy (non-hydrogen) atoms. The first-order valence-electron chi connectivity index (χ1n) is 11.0. The lowest BCUT2D eigenvalue weighted by Crippen LogP contribution is -2.27. The van der Waals surface area contributed by atoms with Crippen LogP contribution in [0.5, 0.6) is 5.75 Å². The van der Waals surface area contributed by atoms with E-state index in [1.54, 1.807) is 17.8 Å². The number of carbonyl (C=O) groups is 1. The largest absolute Gasteiger partial charge is 0.493 e. The Labute approximate surface area is 206 Å². The van der Waals surface area contributed by atoms with Gasteiger partial charge in [-0.15, -0.1) is 0 Å². The molecule has 3 aromatic heterocycles. The molecule has 1 amide bonds. The molecule has 0 spiro atoms. The number of pyridine rings is 1. The van der Waals surface area contributed by atoms with E-state index in [-0.39, 0.29) is 5.91 Å². The Bertz CT molecular complexity index is 1420. The van der Waals surface area contributed by atoms with Gasteiger partial charge in [0.1, 0.15) is 0 Å². The highest BCUT2D eigenvalue weighted by Gasteiger charge is 2.19. The van der Waals surface area contributed by atoms with Crippen molar-refractivity contribution in [2.45, 2.75) is 23.0 Å². The van der Waals surface area contributed by atoms with Crippen LogP contribution < -0.4 is 15.4 Å². The zero-order valence-corrected chi connectivity index (χ0v) is 20.2. The maximum Gasteiger partial charge on any atom is 0.247 e. The second kappa shape index (κ2) is 9.72. The summed E-state index contributed by atoms with van der Waals surface area (Å²) in [6.07, 6.45) is 3.77. The Kier molecular flexibility index (Phi) is 6.34. The fraction of sp³-hybridized carbons (Fsp3) is 0.208. The number of nitrogens with one attached hydrogen (secondary N) is 2. The average molecular weight is 489 g/mol. The van der Waals surface area contributed by atoms with Gasteiger partial charge in [-0.25, -0.2) is 4.98 Å². The lowest BCUT2D eigenvalue weighted by molar-refractivity contribution is -0.111. The second-order valence-electron chi connectivity index (χ2n) is 8.01. The number of benzene rings is 1. The number of hydrogen-bond acceptors (Lipinski definition) is 9. The lowest BCUT2D eigenvalue weighted by Gasteiger charge is -2.25. The second-order valence-corrected chi connectivity index (χ2v) is 9.05. The SMILES string of the molecule is C=CC(=O)Nc1cccc(Sc2nc(Nc3nc4c(cc3OC)CN(C)CC4)nc3ccnn23)c1. The van der Waals surface area contributed by atoms with Crippen molar-refractivity contribution in [1.29, 1.82) is 0 Å². The molecule has 4 heterocycles. The van der Waals surface area contributed by atoms with Crippen molar-refractivity contribution >= 4 is 40.8 Å². The number of methoxy groups -OCH3 is 1. The minimum Gasteiger partial charge on any atom is -0.493 e. The summed E-state index contributed by atoms with van der Waals surface area (Å²) in [5, 5.41) is 11.0. The standard InChI is InChI=1S/C24H24N8O2S/c1-4-21(33)26-16-6-5-7-17(13-16)35-24-30-23(28-20-8-10-25-32(20)24)29-22-19(34-3)12-15-14-31(2)11-9-18(15)27-22/h4-8,10,12-13H,1,9,11,14H2,2-3H3,(H,26,33)(H,27,28,29). The van der Waals surface area contributed by atoms with E-state index >= 15 is 0 Å². The molecule has 0 aliphatic carbocycles. The zero-order valence-electron chi connectivity index (χ0n) is 19.4. The third-order valence-corrected chi connectivity index (χ3v) is 6.44. The van der Waals surface area contributed by atoms with E-state index in [4.69, 9.17) is 14.7 Å². The van der Waals surface area contributed by atoms with Gasteiger partial charge in [0.05, 0.1) is 13.3 Å². The van der Waals surface area contributed by atoms with E-state index in [1.165, 1.54) is 17.8 Å². The topological polar surface area (TPSA) is 110 Å². The monoisotopic (exact) mass is 488 g/mol. The Morgan fingerprint density at radius 1 is 1.23 bits per heavy atom. The average Bonchev–Trinajstić information content (AvgIpc) is 3.33. The van der Waals surface area contributed by atoms with Crippen molar-refractivity contribution in [3.63, 3.8) is 0 Å². The molecule has 0 fully saturated rings. The van der Waals surface area contributed by atoms with Crippen molar-refractivity contribution in [3.05, 3.63) is 66.5 Å². The summed E-state index contributed by atoms with van der Waals surface area (Å²) in [5.74, 6) is 1.32. The summed E-state index contributed by atoms with van der Waals surface area (Å²) < 4.78 is 7.27. The smallest absolute Gasteiger partial charge is 0.247 e. The molecule has 178 valence electrons. The fourth-order valence-corrected chi connectivity index (χ4v) is 4.70. The molecule has 1 aliphatic rings. The van der Waals surface area contributed by atoms with Gasteiger partial charge in [-0.3, -0.25) is 4.79 Å². The van der Waals surface area contributed by atoms with E-state index in [9.17, 15) is 4.79 Å². The van der Waals surface area contributed by atoms with Crippen LogP contribution in [0.1, 0.15) is 11.3 Å². The molecule has 0 saturated carbocycles. The highest BCUT2D eigenvalue weighted by Crippen LogP contribution is 2.32. The molecule has 0 bridgehead atoms. The quantitative estimate of drug-likeness (QED) is 0.378. The van der Waals surface area contributed by atoms with Crippen LogP contribution >= 0.6 is 11.8 Å². The molecule has 0 unspecified atom stereocenters. The van der Waals surface area contributed by atoms with Crippen molar-refractivity contribution in [1.82, 2.24) is 29.5 Å². The number of likely N-dealkylation sites (N-methyl/N-ethyl adjacent to an activating group) is 1. The summed E-state index contributed by atoms with van der Waals surface area (Å²) >= 11 is 1.40. The van der Waals surface area contributed by atoms with Gasteiger partial charge >= 0.3 is 0 Å². The lowest BCUT2D eigenvalue weighted by atomic mass is 10.1. The fourth-order valence-electron chi connectivity index (χ4n) is 3.80. The van der Waals surface area contributed by atoms with Gasteiger partial charge in [0, 0.05) is 41.9 Å². The van der Waals surface area contributed by atoms with Crippen LogP contribution in [0.15, 0.2) is 65.3 Å². The van der Waals surface area contributed by atoms with Crippen LogP contribution in [0.4, 0.5) is 17.5 Å². The first kappa shape index (κ1) is 22.8.